The smallest absolute Gasteiger partial charge is 0.156 e. The maximum Gasteiger partial charge on any atom is 0.156 e. The largest absolute Gasteiger partial charge is 0.379 e. The molecule has 2 aliphatic heterocycles. The van der Waals surface area contributed by atoms with Crippen molar-refractivity contribution in [3.8, 4) is 0 Å². The first kappa shape index (κ1) is 14.7. The van der Waals surface area contributed by atoms with Crippen LogP contribution < -0.4 is 5.32 Å². The monoisotopic (exact) mass is 297 g/mol. The summed E-state index contributed by atoms with van der Waals surface area (Å²) in [5, 5.41) is 4.71. The highest BCUT2D eigenvalue weighted by molar-refractivity contribution is 8.13. The van der Waals surface area contributed by atoms with E-state index in [2.05, 4.69) is 10.2 Å². The highest BCUT2D eigenvalue weighted by Gasteiger charge is 2.36. The zero-order valence-electron chi connectivity index (χ0n) is 12.4. The van der Waals surface area contributed by atoms with E-state index in [4.69, 9.17) is 9.73 Å². The summed E-state index contributed by atoms with van der Waals surface area (Å²) in [6.07, 6.45) is 6.82. The van der Waals surface area contributed by atoms with Crippen LogP contribution >= 0.6 is 11.8 Å². The number of nitrogens with one attached hydrogen (secondary N) is 1. The Labute approximate surface area is 126 Å². The Bertz CT molecular complexity index is 336. The minimum atomic E-state index is 0.559. The minimum absolute atomic E-state index is 0.559. The van der Waals surface area contributed by atoms with Gasteiger partial charge in [-0.25, -0.2) is 0 Å². The Kier molecular flexibility index (Phi) is 5.24. The summed E-state index contributed by atoms with van der Waals surface area (Å²) in [5.74, 6) is 1.28. The Morgan fingerprint density at radius 3 is 2.75 bits per heavy atom. The highest BCUT2D eigenvalue weighted by Crippen LogP contribution is 2.43. The van der Waals surface area contributed by atoms with Gasteiger partial charge < -0.3 is 10.1 Å². The van der Waals surface area contributed by atoms with E-state index in [0.29, 0.717) is 5.41 Å². The molecule has 5 heteroatoms. The van der Waals surface area contributed by atoms with E-state index in [1.165, 1.54) is 49.6 Å². The molecule has 1 N–H and O–H groups in total. The summed E-state index contributed by atoms with van der Waals surface area (Å²) in [6.45, 7) is 7.28. The number of rotatable bonds is 4. The van der Waals surface area contributed by atoms with Gasteiger partial charge in [0.15, 0.2) is 5.17 Å². The maximum absolute atomic E-state index is 5.37. The van der Waals surface area contributed by atoms with Crippen LogP contribution in [0.2, 0.25) is 0 Å². The number of hydrogen-bond acceptors (Lipinski definition) is 5. The lowest BCUT2D eigenvalue weighted by Gasteiger charge is -2.31. The highest BCUT2D eigenvalue weighted by atomic mass is 32.2. The number of thioether (sulfide) groups is 1. The lowest BCUT2D eigenvalue weighted by atomic mass is 9.89. The van der Waals surface area contributed by atoms with Crippen molar-refractivity contribution in [1.82, 2.24) is 10.2 Å². The van der Waals surface area contributed by atoms with Gasteiger partial charge in [-0.2, -0.15) is 0 Å². The normalized spacial score (nSPS) is 26.7. The van der Waals surface area contributed by atoms with Gasteiger partial charge in [-0.1, -0.05) is 24.6 Å². The second kappa shape index (κ2) is 7.14. The molecule has 3 aliphatic rings. The SMILES string of the molecule is C(CNC1=NCC2(CCCC2)CS1)CN1CCOCC1. The third-order valence-corrected chi connectivity index (χ3v) is 6.07. The van der Waals surface area contributed by atoms with Crippen molar-refractivity contribution >= 4 is 16.9 Å². The molecule has 0 amide bonds. The fourth-order valence-corrected chi connectivity index (χ4v) is 4.59. The number of amidine groups is 1. The zero-order chi connectivity index (χ0) is 13.7. The lowest BCUT2D eigenvalue weighted by Crippen LogP contribution is -2.38. The van der Waals surface area contributed by atoms with Crippen LogP contribution in [0.5, 0.6) is 0 Å². The molecule has 1 aliphatic carbocycles. The van der Waals surface area contributed by atoms with Crippen molar-refractivity contribution in [2.24, 2.45) is 10.4 Å². The van der Waals surface area contributed by atoms with E-state index < -0.39 is 0 Å². The van der Waals surface area contributed by atoms with Crippen molar-refractivity contribution in [1.29, 1.82) is 0 Å². The van der Waals surface area contributed by atoms with Gasteiger partial charge in [0.25, 0.3) is 0 Å². The van der Waals surface area contributed by atoms with Crippen molar-refractivity contribution in [2.75, 3.05) is 51.7 Å². The Hall–Kier alpha value is -0.260. The molecular formula is C15H27N3OS. The van der Waals surface area contributed by atoms with Gasteiger partial charge in [0.05, 0.1) is 13.2 Å². The second-order valence-electron chi connectivity index (χ2n) is 6.35. The number of ether oxygens (including phenoxy) is 1. The van der Waals surface area contributed by atoms with E-state index in [1.54, 1.807) is 0 Å². The number of hydrogen-bond donors (Lipinski definition) is 1. The second-order valence-corrected chi connectivity index (χ2v) is 7.32. The van der Waals surface area contributed by atoms with Crippen LogP contribution in [-0.4, -0.2) is 61.8 Å². The number of morpholine rings is 1. The Morgan fingerprint density at radius 1 is 1.25 bits per heavy atom. The number of aliphatic imine (C=N–C) groups is 1. The molecule has 3 rings (SSSR count). The van der Waals surface area contributed by atoms with Gasteiger partial charge in [-0.3, -0.25) is 9.89 Å². The van der Waals surface area contributed by atoms with Crippen LogP contribution in [0.25, 0.3) is 0 Å². The molecule has 0 aromatic carbocycles. The Balaban J connectivity index is 1.32. The van der Waals surface area contributed by atoms with Crippen LogP contribution in [0.15, 0.2) is 4.99 Å². The van der Waals surface area contributed by atoms with Crippen LogP contribution in [0.1, 0.15) is 32.1 Å². The molecule has 0 bridgehead atoms. The third kappa shape index (κ3) is 3.89. The van der Waals surface area contributed by atoms with Crippen molar-refractivity contribution in [2.45, 2.75) is 32.1 Å². The van der Waals surface area contributed by atoms with E-state index in [-0.39, 0.29) is 0 Å². The standard InChI is InChI=1S/C15H27N3OS/c1-2-5-15(4-1)12-17-14(20-13-15)16-6-3-7-18-8-10-19-11-9-18/h1-13H2,(H,16,17). The minimum Gasteiger partial charge on any atom is -0.379 e. The third-order valence-electron chi connectivity index (χ3n) is 4.77. The molecule has 0 radical (unpaired) electrons. The van der Waals surface area contributed by atoms with E-state index in [9.17, 15) is 0 Å². The predicted octanol–water partition coefficient (Wildman–Crippen LogP) is 1.96. The van der Waals surface area contributed by atoms with E-state index >= 15 is 0 Å². The van der Waals surface area contributed by atoms with Crippen LogP contribution in [0, 0.1) is 5.41 Å². The fraction of sp³-hybridized carbons (Fsp3) is 0.933. The molecule has 4 nitrogen and oxygen atoms in total. The quantitative estimate of drug-likeness (QED) is 0.805. The van der Waals surface area contributed by atoms with Gasteiger partial charge in [-0.15, -0.1) is 0 Å². The first-order valence-corrected chi connectivity index (χ1v) is 9.06. The van der Waals surface area contributed by atoms with Gasteiger partial charge in [-0.05, 0) is 31.2 Å². The number of nitrogens with zero attached hydrogens (tertiary/aromatic N) is 2. The maximum atomic E-state index is 5.37. The van der Waals surface area contributed by atoms with Crippen LogP contribution in [-0.2, 0) is 4.74 Å². The van der Waals surface area contributed by atoms with Gasteiger partial charge in [0.1, 0.15) is 0 Å². The van der Waals surface area contributed by atoms with Crippen LogP contribution in [0.3, 0.4) is 0 Å². The van der Waals surface area contributed by atoms with E-state index in [1.807, 2.05) is 11.8 Å². The fourth-order valence-electron chi connectivity index (χ4n) is 3.41. The topological polar surface area (TPSA) is 36.9 Å². The molecule has 2 fully saturated rings. The molecule has 114 valence electrons. The summed E-state index contributed by atoms with van der Waals surface area (Å²) >= 11 is 1.95. The molecule has 0 unspecified atom stereocenters. The predicted molar refractivity (Wildman–Crippen MR) is 85.5 cm³/mol. The first-order valence-electron chi connectivity index (χ1n) is 8.08. The van der Waals surface area contributed by atoms with Gasteiger partial charge in [0, 0.05) is 31.9 Å². The zero-order valence-corrected chi connectivity index (χ0v) is 13.2. The lowest BCUT2D eigenvalue weighted by molar-refractivity contribution is 0.0376. The average molecular weight is 297 g/mol. The molecule has 1 spiro atoms. The van der Waals surface area contributed by atoms with Gasteiger partial charge in [0.2, 0.25) is 0 Å². The molecule has 1 saturated carbocycles. The molecule has 0 aromatic heterocycles. The summed E-state index contributed by atoms with van der Waals surface area (Å²) in [7, 11) is 0. The van der Waals surface area contributed by atoms with Crippen molar-refractivity contribution in [3.63, 3.8) is 0 Å². The van der Waals surface area contributed by atoms with Crippen LogP contribution in [0.4, 0.5) is 0 Å². The molecule has 1 saturated heterocycles. The van der Waals surface area contributed by atoms with Crippen molar-refractivity contribution < 1.29 is 4.74 Å². The summed E-state index contributed by atoms with van der Waals surface area (Å²) < 4.78 is 5.37. The summed E-state index contributed by atoms with van der Waals surface area (Å²) in [6, 6.07) is 0. The first-order chi connectivity index (χ1) is 9.86. The molecule has 0 atom stereocenters. The summed E-state index contributed by atoms with van der Waals surface area (Å²) in [5.41, 5.74) is 0.559. The Morgan fingerprint density at radius 2 is 2.05 bits per heavy atom. The van der Waals surface area contributed by atoms with E-state index in [0.717, 1.165) is 39.4 Å². The summed E-state index contributed by atoms with van der Waals surface area (Å²) in [4.78, 5) is 7.28. The molecule has 20 heavy (non-hydrogen) atoms. The van der Waals surface area contributed by atoms with Crippen molar-refractivity contribution in [3.05, 3.63) is 0 Å². The van der Waals surface area contributed by atoms with Gasteiger partial charge >= 0.3 is 0 Å². The molecular weight excluding hydrogens is 270 g/mol. The molecule has 2 heterocycles. The average Bonchev–Trinajstić information content (AvgIpc) is 2.95. The molecule has 0 aromatic rings.